The summed E-state index contributed by atoms with van der Waals surface area (Å²) in [5, 5.41) is 11.6. The topological polar surface area (TPSA) is 86.7 Å². The van der Waals surface area contributed by atoms with Gasteiger partial charge in [0.25, 0.3) is 0 Å². The normalized spacial score (nSPS) is 18.7. The molecule has 1 saturated heterocycles. The van der Waals surface area contributed by atoms with Gasteiger partial charge in [0, 0.05) is 13.0 Å². The lowest BCUT2D eigenvalue weighted by Crippen LogP contribution is -2.52. The van der Waals surface area contributed by atoms with Gasteiger partial charge < -0.3 is 15.3 Å². The minimum Gasteiger partial charge on any atom is -0.480 e. The van der Waals surface area contributed by atoms with Gasteiger partial charge >= 0.3 is 5.97 Å². The van der Waals surface area contributed by atoms with Gasteiger partial charge in [-0.25, -0.2) is 4.79 Å². The summed E-state index contributed by atoms with van der Waals surface area (Å²) in [6.07, 6.45) is 1.33. The van der Waals surface area contributed by atoms with Crippen molar-refractivity contribution in [1.82, 2.24) is 10.2 Å². The highest BCUT2D eigenvalue weighted by molar-refractivity contribution is 6.57. The first kappa shape index (κ1) is 16.1. The van der Waals surface area contributed by atoms with Crippen LogP contribution in [-0.2, 0) is 16.0 Å². The maximum absolute atomic E-state index is 12.6. The van der Waals surface area contributed by atoms with Crippen molar-refractivity contribution in [1.29, 1.82) is 0 Å². The maximum atomic E-state index is 12.6. The maximum Gasteiger partial charge on any atom is 0.326 e. The SMILES string of the molecule is [B]C(=O)NC(Cc1ccccc1)C(=O)N1CCC[C@@H]1C(=O)O. The largest absolute Gasteiger partial charge is 0.480 e. The number of aliphatic carboxylic acids is 1. The first-order valence-corrected chi connectivity index (χ1v) is 7.12. The fourth-order valence-electron chi connectivity index (χ4n) is 2.71. The summed E-state index contributed by atoms with van der Waals surface area (Å²) in [6, 6.07) is 7.49. The number of carboxylic acid groups (broad SMARTS) is 1. The molecule has 0 spiro atoms. The number of hydrogen-bond acceptors (Lipinski definition) is 3. The van der Waals surface area contributed by atoms with E-state index in [0.717, 1.165) is 5.56 Å². The first-order chi connectivity index (χ1) is 10.5. The fraction of sp³-hybridized carbons (Fsp3) is 0.400. The molecule has 2 rings (SSSR count). The highest BCUT2D eigenvalue weighted by Gasteiger charge is 2.37. The lowest BCUT2D eigenvalue weighted by molar-refractivity contribution is -0.148. The number of carbonyl (C=O) groups is 3. The van der Waals surface area contributed by atoms with Crippen molar-refractivity contribution < 1.29 is 19.5 Å². The molecule has 0 saturated carbocycles. The third kappa shape index (κ3) is 3.87. The highest BCUT2D eigenvalue weighted by Crippen LogP contribution is 2.19. The molecule has 1 unspecified atom stereocenters. The minimum atomic E-state index is -1.02. The molecule has 1 aliphatic rings. The number of likely N-dealkylation sites (tertiary alicyclic amines) is 1. The molecule has 1 aliphatic heterocycles. The summed E-state index contributed by atoms with van der Waals surface area (Å²) in [6.45, 7) is 0.377. The van der Waals surface area contributed by atoms with E-state index in [2.05, 4.69) is 5.32 Å². The molecule has 7 heteroatoms. The first-order valence-electron chi connectivity index (χ1n) is 7.12. The van der Waals surface area contributed by atoms with Gasteiger partial charge in [-0.05, 0) is 18.4 Å². The summed E-state index contributed by atoms with van der Waals surface area (Å²) in [7, 11) is 5.14. The van der Waals surface area contributed by atoms with Crippen molar-refractivity contribution in [2.24, 2.45) is 0 Å². The number of nitrogens with zero attached hydrogens (tertiary/aromatic N) is 1. The molecule has 0 bridgehead atoms. The van der Waals surface area contributed by atoms with E-state index in [4.69, 9.17) is 7.85 Å². The van der Waals surface area contributed by atoms with E-state index in [1.165, 1.54) is 4.90 Å². The van der Waals surface area contributed by atoms with Crippen LogP contribution in [0.4, 0.5) is 4.79 Å². The van der Waals surface area contributed by atoms with E-state index >= 15 is 0 Å². The third-order valence-electron chi connectivity index (χ3n) is 3.72. The monoisotopic (exact) mass is 300 g/mol. The zero-order chi connectivity index (χ0) is 16.1. The van der Waals surface area contributed by atoms with E-state index in [0.29, 0.717) is 19.4 Å². The van der Waals surface area contributed by atoms with E-state index in [-0.39, 0.29) is 6.42 Å². The minimum absolute atomic E-state index is 0.269. The molecular formula is C15H17BN2O4. The Morgan fingerprint density at radius 1 is 1.32 bits per heavy atom. The second kappa shape index (κ2) is 7.11. The van der Waals surface area contributed by atoms with Crippen LogP contribution in [0.3, 0.4) is 0 Å². The van der Waals surface area contributed by atoms with Gasteiger partial charge in [0.1, 0.15) is 12.1 Å². The lowest BCUT2D eigenvalue weighted by atomic mass is 10.0. The van der Waals surface area contributed by atoms with E-state index in [1.807, 2.05) is 30.3 Å². The molecule has 2 amide bonds. The van der Waals surface area contributed by atoms with Crippen molar-refractivity contribution in [2.45, 2.75) is 31.3 Å². The van der Waals surface area contributed by atoms with Crippen LogP contribution in [0.15, 0.2) is 30.3 Å². The Balaban J connectivity index is 2.15. The molecule has 0 aromatic heterocycles. The van der Waals surface area contributed by atoms with Crippen molar-refractivity contribution in [3.63, 3.8) is 0 Å². The second-order valence-electron chi connectivity index (χ2n) is 5.28. The molecule has 1 aromatic rings. The molecule has 1 fully saturated rings. The van der Waals surface area contributed by atoms with Crippen LogP contribution in [0, 0.1) is 0 Å². The van der Waals surface area contributed by atoms with E-state index in [1.54, 1.807) is 0 Å². The summed E-state index contributed by atoms with van der Waals surface area (Å²) in [5.74, 6) is -2.24. The average molecular weight is 300 g/mol. The number of carbonyl (C=O) groups excluding carboxylic acids is 2. The molecule has 0 aliphatic carbocycles. The summed E-state index contributed by atoms with van der Waals surface area (Å²) in [4.78, 5) is 36.3. The standard InChI is InChI=1S/C15H17BN2O4/c16-15(22)17-11(9-10-5-2-1-3-6-10)13(19)18-8-4-7-12(18)14(20)21/h1-3,5-6,11-12H,4,7-9H2,(H,17,22)(H,20,21)/t11?,12-/m1/s1. The van der Waals surface area contributed by atoms with Gasteiger partial charge in [-0.1, -0.05) is 30.3 Å². The summed E-state index contributed by atoms with van der Waals surface area (Å²) >= 11 is 0. The second-order valence-corrected chi connectivity index (χ2v) is 5.28. The van der Waals surface area contributed by atoms with Crippen LogP contribution >= 0.6 is 0 Å². The Morgan fingerprint density at radius 3 is 2.59 bits per heavy atom. The van der Waals surface area contributed by atoms with Gasteiger partial charge in [-0.3, -0.25) is 9.59 Å². The Hall–Kier alpha value is -2.31. The van der Waals surface area contributed by atoms with Crippen LogP contribution in [0.1, 0.15) is 18.4 Å². The molecule has 1 heterocycles. The molecule has 2 atom stereocenters. The van der Waals surface area contributed by atoms with Crippen molar-refractivity contribution in [3.8, 4) is 0 Å². The molecule has 6 nitrogen and oxygen atoms in total. The van der Waals surface area contributed by atoms with Crippen molar-refractivity contribution in [2.75, 3.05) is 6.54 Å². The Morgan fingerprint density at radius 2 is 2.00 bits per heavy atom. The zero-order valence-electron chi connectivity index (χ0n) is 12.1. The molecule has 2 radical (unpaired) electrons. The van der Waals surface area contributed by atoms with Crippen molar-refractivity contribution >= 4 is 25.5 Å². The van der Waals surface area contributed by atoms with E-state index in [9.17, 15) is 19.5 Å². The van der Waals surface area contributed by atoms with Gasteiger partial charge in [-0.2, -0.15) is 0 Å². The predicted molar refractivity (Wildman–Crippen MR) is 80.6 cm³/mol. The van der Waals surface area contributed by atoms with Crippen LogP contribution in [0.2, 0.25) is 0 Å². The number of rotatable bonds is 5. The van der Waals surface area contributed by atoms with Crippen LogP contribution in [-0.4, -0.2) is 54.2 Å². The van der Waals surface area contributed by atoms with Gasteiger partial charge in [-0.15, -0.1) is 0 Å². The number of amides is 2. The van der Waals surface area contributed by atoms with Crippen LogP contribution < -0.4 is 5.32 Å². The van der Waals surface area contributed by atoms with Crippen LogP contribution in [0.5, 0.6) is 0 Å². The Bertz CT molecular complexity index is 564. The summed E-state index contributed by atoms with van der Waals surface area (Å²) in [5.41, 5.74) is 0.862. The number of nitrogens with one attached hydrogen (secondary N) is 1. The number of benzene rings is 1. The predicted octanol–water partition coefficient (Wildman–Crippen LogP) is 0.551. The smallest absolute Gasteiger partial charge is 0.326 e. The quantitative estimate of drug-likeness (QED) is 0.778. The zero-order valence-corrected chi connectivity index (χ0v) is 12.1. The van der Waals surface area contributed by atoms with Crippen LogP contribution in [0.25, 0.3) is 0 Å². The molecule has 22 heavy (non-hydrogen) atoms. The molecular weight excluding hydrogens is 283 g/mol. The average Bonchev–Trinajstić information content (AvgIpc) is 2.96. The van der Waals surface area contributed by atoms with Gasteiger partial charge in [0.2, 0.25) is 13.8 Å². The number of carboxylic acids is 1. The van der Waals surface area contributed by atoms with Crippen molar-refractivity contribution in [3.05, 3.63) is 35.9 Å². The Kier molecular flexibility index (Phi) is 5.19. The highest BCUT2D eigenvalue weighted by atomic mass is 16.4. The van der Waals surface area contributed by atoms with Gasteiger partial charge in [0.15, 0.2) is 5.81 Å². The fourth-order valence-corrected chi connectivity index (χ4v) is 2.71. The molecule has 114 valence electrons. The summed E-state index contributed by atoms with van der Waals surface area (Å²) < 4.78 is 0. The number of hydrogen-bond donors (Lipinski definition) is 2. The molecule has 1 aromatic carbocycles. The third-order valence-corrected chi connectivity index (χ3v) is 3.72. The van der Waals surface area contributed by atoms with E-state index < -0.39 is 29.8 Å². The molecule has 2 N–H and O–H groups in total. The van der Waals surface area contributed by atoms with Gasteiger partial charge in [0.05, 0.1) is 0 Å². The Labute approximate surface area is 129 Å². The lowest BCUT2D eigenvalue weighted by Gasteiger charge is -2.27.